The zero-order chi connectivity index (χ0) is 15.6. The van der Waals surface area contributed by atoms with Crippen LogP contribution in [0.2, 0.25) is 0 Å². The lowest BCUT2D eigenvalue weighted by Gasteiger charge is -2.32. The highest BCUT2D eigenvalue weighted by molar-refractivity contribution is 7.15. The third kappa shape index (κ3) is 3.30. The number of thiazole rings is 1. The van der Waals surface area contributed by atoms with E-state index in [2.05, 4.69) is 20.2 Å². The molecule has 0 amide bonds. The first-order chi connectivity index (χ1) is 11.3. The van der Waals surface area contributed by atoms with Gasteiger partial charge in [-0.05, 0) is 19.8 Å². The van der Waals surface area contributed by atoms with E-state index in [0.717, 1.165) is 62.2 Å². The molecule has 1 saturated heterocycles. The van der Waals surface area contributed by atoms with Crippen molar-refractivity contribution < 1.29 is 4.74 Å². The zero-order valence-corrected chi connectivity index (χ0v) is 14.1. The van der Waals surface area contributed by atoms with E-state index in [-0.39, 0.29) is 0 Å². The molecular weight excluding hydrogens is 310 g/mol. The van der Waals surface area contributed by atoms with Crippen LogP contribution in [-0.4, -0.2) is 40.7 Å². The molecular formula is C16H21N5OS. The summed E-state index contributed by atoms with van der Waals surface area (Å²) in [7, 11) is 0. The van der Waals surface area contributed by atoms with Crippen LogP contribution in [0.1, 0.15) is 29.1 Å². The molecule has 0 aromatic carbocycles. The van der Waals surface area contributed by atoms with Gasteiger partial charge in [-0.1, -0.05) is 11.3 Å². The maximum atomic E-state index is 5.52. The lowest BCUT2D eigenvalue weighted by Crippen LogP contribution is -2.39. The predicted molar refractivity (Wildman–Crippen MR) is 91.1 cm³/mol. The van der Waals surface area contributed by atoms with Crippen LogP contribution >= 0.6 is 11.3 Å². The molecule has 0 aliphatic carbocycles. The highest BCUT2D eigenvalue weighted by Crippen LogP contribution is 2.31. The topological polar surface area (TPSA) is 63.2 Å². The van der Waals surface area contributed by atoms with Crippen LogP contribution in [0.5, 0.6) is 0 Å². The van der Waals surface area contributed by atoms with Gasteiger partial charge in [0, 0.05) is 37.3 Å². The molecule has 6 nitrogen and oxygen atoms in total. The lowest BCUT2D eigenvalue weighted by molar-refractivity contribution is 0.112. The number of ether oxygens (including phenoxy) is 1. The Morgan fingerprint density at radius 1 is 1.30 bits per heavy atom. The summed E-state index contributed by atoms with van der Waals surface area (Å²) >= 11 is 1.80. The van der Waals surface area contributed by atoms with E-state index in [1.165, 1.54) is 10.6 Å². The molecule has 7 heteroatoms. The summed E-state index contributed by atoms with van der Waals surface area (Å²) in [6.45, 7) is 5.60. The molecule has 0 radical (unpaired) electrons. The Hall–Kier alpha value is -1.73. The van der Waals surface area contributed by atoms with E-state index in [0.29, 0.717) is 6.04 Å². The number of anilines is 2. The highest BCUT2D eigenvalue weighted by Gasteiger charge is 2.24. The largest absolute Gasteiger partial charge is 0.375 e. The number of nitrogens with zero attached hydrogens (tertiary/aromatic N) is 4. The molecule has 0 bridgehead atoms. The third-order valence-electron chi connectivity index (χ3n) is 4.40. The van der Waals surface area contributed by atoms with Crippen LogP contribution in [0.25, 0.3) is 0 Å². The molecule has 2 aliphatic heterocycles. The van der Waals surface area contributed by atoms with Gasteiger partial charge in [0.05, 0.1) is 23.8 Å². The Morgan fingerprint density at radius 2 is 2.17 bits per heavy atom. The summed E-state index contributed by atoms with van der Waals surface area (Å²) in [5, 5.41) is 4.69. The maximum Gasteiger partial charge on any atom is 0.185 e. The van der Waals surface area contributed by atoms with Crippen molar-refractivity contribution >= 4 is 22.3 Å². The summed E-state index contributed by atoms with van der Waals surface area (Å²) in [5.41, 5.74) is 2.24. The second kappa shape index (κ2) is 6.41. The number of aryl methyl sites for hydroxylation is 1. The Bertz CT molecular complexity index is 657. The summed E-state index contributed by atoms with van der Waals surface area (Å²) in [6, 6.07) is 2.47. The van der Waals surface area contributed by atoms with Crippen LogP contribution in [0.3, 0.4) is 0 Å². The zero-order valence-electron chi connectivity index (χ0n) is 13.3. The van der Waals surface area contributed by atoms with Crippen LogP contribution in [0.15, 0.2) is 12.4 Å². The quantitative estimate of drug-likeness (QED) is 0.932. The summed E-state index contributed by atoms with van der Waals surface area (Å²) < 4.78 is 5.52. The molecule has 23 heavy (non-hydrogen) atoms. The van der Waals surface area contributed by atoms with E-state index < -0.39 is 0 Å². The average molecular weight is 331 g/mol. The second-order valence-electron chi connectivity index (χ2n) is 6.12. The maximum absolute atomic E-state index is 5.52. The first-order valence-corrected chi connectivity index (χ1v) is 8.96. The van der Waals surface area contributed by atoms with Gasteiger partial charge in [0.2, 0.25) is 0 Å². The SMILES string of the molecule is Cc1cc(NC2CCN(c3nc4c(s3)COCC4)CC2)ncn1. The van der Waals surface area contributed by atoms with Crippen molar-refractivity contribution in [3.05, 3.63) is 28.7 Å². The van der Waals surface area contributed by atoms with Gasteiger partial charge in [0.15, 0.2) is 5.13 Å². The Morgan fingerprint density at radius 3 is 2.96 bits per heavy atom. The van der Waals surface area contributed by atoms with Crippen molar-refractivity contribution in [2.24, 2.45) is 0 Å². The average Bonchev–Trinajstić information content (AvgIpc) is 2.99. The predicted octanol–water partition coefficient (Wildman–Crippen LogP) is 2.40. The van der Waals surface area contributed by atoms with Crippen molar-refractivity contribution in [1.29, 1.82) is 0 Å². The summed E-state index contributed by atoms with van der Waals surface area (Å²) in [5.74, 6) is 0.929. The van der Waals surface area contributed by atoms with E-state index in [4.69, 9.17) is 9.72 Å². The molecule has 4 heterocycles. The highest BCUT2D eigenvalue weighted by atomic mass is 32.1. The second-order valence-corrected chi connectivity index (χ2v) is 7.18. The van der Waals surface area contributed by atoms with Crippen molar-refractivity contribution in [2.45, 2.75) is 38.8 Å². The number of nitrogens with one attached hydrogen (secondary N) is 1. The number of hydrogen-bond acceptors (Lipinski definition) is 7. The minimum Gasteiger partial charge on any atom is -0.375 e. The van der Waals surface area contributed by atoms with E-state index in [9.17, 15) is 0 Å². The molecule has 0 unspecified atom stereocenters. The molecule has 2 aromatic rings. The van der Waals surface area contributed by atoms with E-state index >= 15 is 0 Å². The number of hydrogen-bond donors (Lipinski definition) is 1. The molecule has 2 aromatic heterocycles. The van der Waals surface area contributed by atoms with Crippen LogP contribution < -0.4 is 10.2 Å². The first kappa shape index (κ1) is 14.8. The summed E-state index contributed by atoms with van der Waals surface area (Å²) in [6.07, 6.45) is 4.78. The Balaban J connectivity index is 1.36. The van der Waals surface area contributed by atoms with Gasteiger partial charge in [-0.25, -0.2) is 15.0 Å². The normalized spacial score (nSPS) is 18.7. The van der Waals surface area contributed by atoms with Gasteiger partial charge >= 0.3 is 0 Å². The number of rotatable bonds is 3. The van der Waals surface area contributed by atoms with Crippen LogP contribution in [0, 0.1) is 6.92 Å². The molecule has 0 atom stereocenters. The van der Waals surface area contributed by atoms with Gasteiger partial charge in [-0.3, -0.25) is 0 Å². The van der Waals surface area contributed by atoms with Gasteiger partial charge in [-0.2, -0.15) is 0 Å². The summed E-state index contributed by atoms with van der Waals surface area (Å²) in [4.78, 5) is 17.0. The van der Waals surface area contributed by atoms with Crippen LogP contribution in [0.4, 0.5) is 10.9 Å². The van der Waals surface area contributed by atoms with Crippen molar-refractivity contribution in [3.8, 4) is 0 Å². The molecule has 0 spiro atoms. The molecule has 122 valence electrons. The van der Waals surface area contributed by atoms with E-state index in [1.54, 1.807) is 17.7 Å². The number of piperidine rings is 1. The van der Waals surface area contributed by atoms with Crippen LogP contribution in [-0.2, 0) is 17.8 Å². The molecule has 2 aliphatic rings. The lowest BCUT2D eigenvalue weighted by atomic mass is 10.1. The van der Waals surface area contributed by atoms with Gasteiger partial charge in [0.25, 0.3) is 0 Å². The third-order valence-corrected chi connectivity index (χ3v) is 5.54. The minimum absolute atomic E-state index is 0.471. The molecule has 1 N–H and O–H groups in total. The fraction of sp³-hybridized carbons (Fsp3) is 0.562. The first-order valence-electron chi connectivity index (χ1n) is 8.14. The molecule has 1 fully saturated rings. The van der Waals surface area contributed by atoms with Crippen molar-refractivity contribution in [3.63, 3.8) is 0 Å². The van der Waals surface area contributed by atoms with Gasteiger partial charge in [-0.15, -0.1) is 0 Å². The fourth-order valence-corrected chi connectivity index (χ4v) is 4.20. The van der Waals surface area contributed by atoms with E-state index in [1.807, 2.05) is 13.0 Å². The van der Waals surface area contributed by atoms with Crippen molar-refractivity contribution in [1.82, 2.24) is 15.0 Å². The Labute approximate surface area is 139 Å². The monoisotopic (exact) mass is 331 g/mol. The minimum atomic E-state index is 0.471. The Kier molecular flexibility index (Phi) is 4.13. The van der Waals surface area contributed by atoms with Crippen molar-refractivity contribution in [2.75, 3.05) is 29.9 Å². The standard InChI is InChI=1S/C16H21N5OS/c1-11-8-15(18-10-17-11)19-12-2-5-21(6-3-12)16-20-13-4-7-22-9-14(13)23-16/h8,10,12H,2-7,9H2,1H3,(H,17,18,19). The fourth-order valence-electron chi connectivity index (χ4n) is 3.10. The number of fused-ring (bicyclic) bond motifs is 1. The van der Waals surface area contributed by atoms with Gasteiger partial charge in [0.1, 0.15) is 12.1 Å². The molecule has 4 rings (SSSR count). The molecule has 0 saturated carbocycles. The smallest absolute Gasteiger partial charge is 0.185 e. The van der Waals surface area contributed by atoms with Gasteiger partial charge < -0.3 is 15.0 Å². The number of aromatic nitrogens is 3.